The molecule has 0 spiro atoms. The van der Waals surface area contributed by atoms with Crippen LogP contribution in [0.25, 0.3) is 16.9 Å². The summed E-state index contributed by atoms with van der Waals surface area (Å²) in [4.78, 5) is 17.1. The lowest BCUT2D eigenvalue weighted by molar-refractivity contribution is 0.102. The van der Waals surface area contributed by atoms with Gasteiger partial charge in [0, 0.05) is 34.6 Å². The fraction of sp³-hybridized carbons (Fsp3) is 0.0909. The van der Waals surface area contributed by atoms with Crippen LogP contribution in [0.5, 0.6) is 11.5 Å². The van der Waals surface area contributed by atoms with Crippen LogP contribution in [0.3, 0.4) is 0 Å². The van der Waals surface area contributed by atoms with Gasteiger partial charge in [-0.05, 0) is 54.6 Å². The van der Waals surface area contributed by atoms with Gasteiger partial charge in [0.05, 0.1) is 5.69 Å². The normalized spacial score (nSPS) is 12.6. The molecule has 3 heterocycles. The summed E-state index contributed by atoms with van der Waals surface area (Å²) >= 11 is 1.39. The van der Waals surface area contributed by atoms with Crippen LogP contribution in [0, 0.1) is 0 Å². The van der Waals surface area contributed by atoms with Gasteiger partial charge >= 0.3 is 0 Å². The number of fused-ring (bicyclic) bond motifs is 1. The highest BCUT2D eigenvalue weighted by atomic mass is 32.1. The van der Waals surface area contributed by atoms with E-state index in [9.17, 15) is 4.79 Å². The van der Waals surface area contributed by atoms with Crippen LogP contribution in [-0.2, 0) is 0 Å². The van der Waals surface area contributed by atoms with Gasteiger partial charge in [-0.25, -0.2) is 4.98 Å². The van der Waals surface area contributed by atoms with Crippen LogP contribution in [0.1, 0.15) is 10.4 Å². The Morgan fingerprint density at radius 3 is 2.55 bits per heavy atom. The second-order valence-corrected chi connectivity index (χ2v) is 7.35. The van der Waals surface area contributed by atoms with Crippen LogP contribution in [0.2, 0.25) is 0 Å². The van der Waals surface area contributed by atoms with E-state index in [4.69, 9.17) is 9.47 Å². The molecule has 0 aliphatic carbocycles. The molecule has 29 heavy (non-hydrogen) atoms. The van der Waals surface area contributed by atoms with Crippen molar-refractivity contribution in [2.45, 2.75) is 0 Å². The van der Waals surface area contributed by atoms with Crippen molar-refractivity contribution < 1.29 is 14.3 Å². The fourth-order valence-corrected chi connectivity index (χ4v) is 3.84. The first-order valence-corrected chi connectivity index (χ1v) is 10.0. The number of amides is 1. The number of rotatable bonds is 4. The Bertz CT molecular complexity index is 1150. The summed E-state index contributed by atoms with van der Waals surface area (Å²) in [5, 5.41) is 5.33. The van der Waals surface area contributed by atoms with E-state index < -0.39 is 0 Å². The minimum atomic E-state index is -0.188. The molecule has 1 aliphatic heterocycles. The first-order valence-electron chi connectivity index (χ1n) is 9.16. The highest BCUT2D eigenvalue weighted by molar-refractivity contribution is 7.14. The molecule has 5 rings (SSSR count). The first-order chi connectivity index (χ1) is 14.3. The second-order valence-electron chi connectivity index (χ2n) is 6.49. The molecule has 0 unspecified atom stereocenters. The van der Waals surface area contributed by atoms with Crippen LogP contribution in [0.4, 0.5) is 5.13 Å². The molecule has 0 saturated heterocycles. The third-order valence-corrected chi connectivity index (χ3v) is 5.35. The fourth-order valence-electron chi connectivity index (χ4n) is 3.13. The van der Waals surface area contributed by atoms with Gasteiger partial charge in [-0.15, -0.1) is 11.3 Å². The van der Waals surface area contributed by atoms with Crippen LogP contribution >= 0.6 is 11.3 Å². The van der Waals surface area contributed by atoms with Crippen molar-refractivity contribution in [1.29, 1.82) is 0 Å². The molecule has 6 nitrogen and oxygen atoms in total. The van der Waals surface area contributed by atoms with E-state index in [-0.39, 0.29) is 5.91 Å². The number of nitrogens with one attached hydrogen (secondary N) is 1. The van der Waals surface area contributed by atoms with Gasteiger partial charge in [0.25, 0.3) is 5.91 Å². The number of thiazole rings is 1. The van der Waals surface area contributed by atoms with Gasteiger partial charge in [0.2, 0.25) is 0 Å². The lowest BCUT2D eigenvalue weighted by Crippen LogP contribution is -2.15. The van der Waals surface area contributed by atoms with Crippen molar-refractivity contribution in [2.75, 3.05) is 18.5 Å². The molecule has 2 aromatic heterocycles. The first kappa shape index (κ1) is 17.5. The van der Waals surface area contributed by atoms with E-state index in [0.717, 1.165) is 28.4 Å². The molecule has 1 N–H and O–H groups in total. The Morgan fingerprint density at radius 1 is 1.00 bits per heavy atom. The minimum absolute atomic E-state index is 0.188. The number of nitrogens with zero attached hydrogens (tertiary/aromatic N) is 2. The van der Waals surface area contributed by atoms with Gasteiger partial charge in [-0.1, -0.05) is 0 Å². The molecule has 0 saturated carbocycles. The molecular formula is C22H17N3O3S. The summed E-state index contributed by atoms with van der Waals surface area (Å²) in [6.45, 7) is 1.10. The molecule has 144 valence electrons. The summed E-state index contributed by atoms with van der Waals surface area (Å²) < 4.78 is 13.2. The molecule has 2 aromatic carbocycles. The largest absolute Gasteiger partial charge is 0.486 e. The van der Waals surface area contributed by atoms with E-state index in [1.54, 1.807) is 12.1 Å². The molecule has 7 heteroatoms. The third kappa shape index (κ3) is 3.60. The zero-order chi connectivity index (χ0) is 19.6. The van der Waals surface area contributed by atoms with E-state index in [2.05, 4.69) is 10.3 Å². The minimum Gasteiger partial charge on any atom is -0.486 e. The van der Waals surface area contributed by atoms with E-state index >= 15 is 0 Å². The summed E-state index contributed by atoms with van der Waals surface area (Å²) in [7, 11) is 0. The average Bonchev–Trinajstić information content (AvgIpc) is 3.46. The van der Waals surface area contributed by atoms with Crippen LogP contribution in [0.15, 0.2) is 72.4 Å². The number of ether oxygens (including phenoxy) is 2. The predicted octanol–water partition coefficient (Wildman–Crippen LogP) is 4.62. The Hall–Kier alpha value is -3.58. The number of carbonyl (C=O) groups is 1. The second kappa shape index (κ2) is 7.44. The zero-order valence-electron chi connectivity index (χ0n) is 15.4. The average molecular weight is 403 g/mol. The Balaban J connectivity index is 1.30. The molecule has 0 bridgehead atoms. The van der Waals surface area contributed by atoms with E-state index in [1.165, 1.54) is 11.3 Å². The Kier molecular flexibility index (Phi) is 4.50. The van der Waals surface area contributed by atoms with Crippen molar-refractivity contribution in [3.8, 4) is 28.4 Å². The zero-order valence-corrected chi connectivity index (χ0v) is 16.2. The molecule has 0 atom stereocenters. The molecule has 0 radical (unpaired) electrons. The van der Waals surface area contributed by atoms with Crippen LogP contribution in [-0.4, -0.2) is 28.7 Å². The van der Waals surface area contributed by atoms with Gasteiger partial charge in [0.1, 0.15) is 13.2 Å². The summed E-state index contributed by atoms with van der Waals surface area (Å²) in [6.07, 6.45) is 3.92. The number of aromatic nitrogens is 2. The highest BCUT2D eigenvalue weighted by Crippen LogP contribution is 2.35. The maximum absolute atomic E-state index is 12.6. The van der Waals surface area contributed by atoms with Gasteiger partial charge in [-0.3, -0.25) is 10.1 Å². The van der Waals surface area contributed by atoms with Crippen molar-refractivity contribution in [1.82, 2.24) is 9.55 Å². The number of hydrogen-bond donors (Lipinski definition) is 1. The molecule has 1 aliphatic rings. The van der Waals surface area contributed by atoms with Crippen molar-refractivity contribution in [2.24, 2.45) is 0 Å². The van der Waals surface area contributed by atoms with Crippen LogP contribution < -0.4 is 14.8 Å². The summed E-state index contributed by atoms with van der Waals surface area (Å²) in [5.74, 6) is 1.27. The lowest BCUT2D eigenvalue weighted by atomic mass is 10.1. The predicted molar refractivity (Wildman–Crippen MR) is 112 cm³/mol. The van der Waals surface area contributed by atoms with Gasteiger partial charge < -0.3 is 14.0 Å². The van der Waals surface area contributed by atoms with Crippen molar-refractivity contribution in [3.63, 3.8) is 0 Å². The maximum Gasteiger partial charge on any atom is 0.257 e. The topological polar surface area (TPSA) is 65.4 Å². The number of carbonyl (C=O) groups excluding carboxylic acids is 1. The smallest absolute Gasteiger partial charge is 0.257 e. The molecule has 4 aromatic rings. The van der Waals surface area contributed by atoms with Gasteiger partial charge in [0.15, 0.2) is 16.6 Å². The number of benzene rings is 2. The third-order valence-electron chi connectivity index (χ3n) is 4.59. The lowest BCUT2D eigenvalue weighted by Gasteiger charge is -2.18. The summed E-state index contributed by atoms with van der Waals surface area (Å²) in [6, 6.07) is 17.1. The quantitative estimate of drug-likeness (QED) is 0.540. The van der Waals surface area contributed by atoms with E-state index in [0.29, 0.717) is 23.9 Å². The number of anilines is 1. The maximum atomic E-state index is 12.6. The van der Waals surface area contributed by atoms with Crippen molar-refractivity contribution >= 4 is 22.4 Å². The Morgan fingerprint density at radius 2 is 1.76 bits per heavy atom. The SMILES string of the molecule is O=C(Nc1nc(-c2ccc3c(c2)OCCO3)cs1)c1ccc(-n2cccc2)cc1. The number of hydrogen-bond acceptors (Lipinski definition) is 5. The molecule has 1 amide bonds. The van der Waals surface area contributed by atoms with Crippen molar-refractivity contribution in [3.05, 3.63) is 77.9 Å². The van der Waals surface area contributed by atoms with E-state index in [1.807, 2.05) is 64.8 Å². The Labute approximate surface area is 171 Å². The highest BCUT2D eigenvalue weighted by Gasteiger charge is 2.15. The molecule has 0 fully saturated rings. The summed E-state index contributed by atoms with van der Waals surface area (Å²) in [5.41, 5.74) is 3.28. The molecular weight excluding hydrogens is 386 g/mol. The van der Waals surface area contributed by atoms with Gasteiger partial charge in [-0.2, -0.15) is 0 Å². The standard InChI is InChI=1S/C22H17N3O3S/c26-21(15-3-6-17(7-4-15)25-9-1-2-10-25)24-22-23-18(14-29-22)16-5-8-19-20(13-16)28-12-11-27-19/h1-10,13-14H,11-12H2,(H,23,24,26). The monoisotopic (exact) mass is 403 g/mol.